The predicted molar refractivity (Wildman–Crippen MR) is 93.5 cm³/mol. The molecule has 26 heavy (non-hydrogen) atoms. The Balaban J connectivity index is 1.74. The van der Waals surface area contributed by atoms with Gasteiger partial charge in [0.2, 0.25) is 11.7 Å². The summed E-state index contributed by atoms with van der Waals surface area (Å²) in [6.45, 7) is 0.0396. The molecule has 0 atom stereocenters. The summed E-state index contributed by atoms with van der Waals surface area (Å²) in [5.74, 6) is 0.0714. The smallest absolute Gasteiger partial charge is 0.257 e. The first-order valence-electron chi connectivity index (χ1n) is 7.65. The van der Waals surface area contributed by atoms with Crippen molar-refractivity contribution in [1.82, 2.24) is 15.0 Å². The van der Waals surface area contributed by atoms with E-state index in [2.05, 4.69) is 10.1 Å². The van der Waals surface area contributed by atoms with Gasteiger partial charge in [-0.15, -0.1) is 0 Å². The second-order valence-electron chi connectivity index (χ2n) is 5.53. The predicted octanol–water partition coefficient (Wildman–Crippen LogP) is 3.81. The molecule has 8 heteroatoms. The fourth-order valence-electron chi connectivity index (χ4n) is 2.34. The van der Waals surface area contributed by atoms with Crippen molar-refractivity contribution in [3.8, 4) is 17.1 Å². The zero-order valence-corrected chi connectivity index (χ0v) is 14.8. The minimum Gasteiger partial charge on any atom is -0.497 e. The fourth-order valence-corrected chi connectivity index (χ4v) is 2.50. The highest BCUT2D eigenvalue weighted by molar-refractivity contribution is 6.30. The van der Waals surface area contributed by atoms with Gasteiger partial charge in [-0.25, -0.2) is 4.39 Å². The Kier molecular flexibility index (Phi) is 5.18. The molecule has 0 aliphatic carbocycles. The Bertz CT molecular complexity index is 945. The number of hydrogen-bond acceptors (Lipinski definition) is 5. The van der Waals surface area contributed by atoms with Crippen LogP contribution in [0.15, 0.2) is 47.0 Å². The minimum atomic E-state index is -0.683. The lowest BCUT2D eigenvalue weighted by Gasteiger charge is -2.15. The number of halogens is 2. The van der Waals surface area contributed by atoms with E-state index in [1.54, 1.807) is 19.2 Å². The van der Waals surface area contributed by atoms with E-state index in [0.717, 1.165) is 11.6 Å². The van der Waals surface area contributed by atoms with Crippen LogP contribution in [0.25, 0.3) is 11.4 Å². The molecule has 0 aliphatic rings. The Hall–Kier alpha value is -2.93. The zero-order valence-electron chi connectivity index (χ0n) is 14.1. The molecule has 0 spiro atoms. The molecule has 0 aliphatic heterocycles. The normalized spacial score (nSPS) is 10.6. The second-order valence-corrected chi connectivity index (χ2v) is 5.97. The van der Waals surface area contributed by atoms with E-state index in [9.17, 15) is 9.18 Å². The van der Waals surface area contributed by atoms with Crippen molar-refractivity contribution in [1.29, 1.82) is 0 Å². The van der Waals surface area contributed by atoms with Gasteiger partial charge in [0.15, 0.2) is 0 Å². The maximum atomic E-state index is 13.9. The molecule has 6 nitrogen and oxygen atoms in total. The molecule has 0 bridgehead atoms. The Labute approximate surface area is 154 Å². The zero-order chi connectivity index (χ0) is 18.7. The molecule has 0 fully saturated rings. The first-order valence-corrected chi connectivity index (χ1v) is 8.03. The van der Waals surface area contributed by atoms with E-state index in [0.29, 0.717) is 11.6 Å². The Morgan fingerprint density at radius 1 is 1.31 bits per heavy atom. The topological polar surface area (TPSA) is 68.5 Å². The molecule has 2 aromatic carbocycles. The number of methoxy groups -OCH3 is 1. The number of carbonyl (C=O) groups excluding carboxylic acids is 1. The third-order valence-electron chi connectivity index (χ3n) is 3.68. The first kappa shape index (κ1) is 17.9. The van der Waals surface area contributed by atoms with E-state index in [1.807, 2.05) is 12.1 Å². The van der Waals surface area contributed by atoms with E-state index >= 15 is 0 Å². The lowest BCUT2D eigenvalue weighted by molar-refractivity contribution is 0.0765. The van der Waals surface area contributed by atoms with Crippen LogP contribution >= 0.6 is 11.6 Å². The van der Waals surface area contributed by atoms with Crippen LogP contribution in [0.3, 0.4) is 0 Å². The first-order chi connectivity index (χ1) is 12.5. The number of aromatic nitrogens is 2. The van der Waals surface area contributed by atoms with Crippen molar-refractivity contribution in [2.45, 2.75) is 6.54 Å². The summed E-state index contributed by atoms with van der Waals surface area (Å²) >= 11 is 5.71. The van der Waals surface area contributed by atoms with Gasteiger partial charge in [-0.05, 0) is 30.3 Å². The number of nitrogens with zero attached hydrogens (tertiary/aromatic N) is 3. The number of ether oxygens (including phenoxy) is 1. The van der Waals surface area contributed by atoms with Crippen LogP contribution < -0.4 is 4.74 Å². The lowest BCUT2D eigenvalue weighted by atomic mass is 10.2. The quantitative estimate of drug-likeness (QED) is 0.678. The number of amides is 1. The van der Waals surface area contributed by atoms with Crippen molar-refractivity contribution in [2.75, 3.05) is 14.2 Å². The lowest BCUT2D eigenvalue weighted by Crippen LogP contribution is -2.27. The summed E-state index contributed by atoms with van der Waals surface area (Å²) in [6.07, 6.45) is 0. The summed E-state index contributed by atoms with van der Waals surface area (Å²) in [5, 5.41) is 4.13. The van der Waals surface area contributed by atoms with Crippen LogP contribution in [0, 0.1) is 5.82 Å². The van der Waals surface area contributed by atoms with E-state index in [-0.39, 0.29) is 23.0 Å². The molecule has 0 radical (unpaired) electrons. The molecule has 0 saturated carbocycles. The molecule has 1 amide bonds. The van der Waals surface area contributed by atoms with Gasteiger partial charge in [-0.3, -0.25) is 4.79 Å². The van der Waals surface area contributed by atoms with Gasteiger partial charge in [-0.2, -0.15) is 4.98 Å². The molecule has 0 saturated heterocycles. The van der Waals surface area contributed by atoms with Crippen molar-refractivity contribution in [2.24, 2.45) is 0 Å². The average molecular weight is 376 g/mol. The van der Waals surface area contributed by atoms with Gasteiger partial charge < -0.3 is 14.2 Å². The molecule has 0 N–H and O–H groups in total. The van der Waals surface area contributed by atoms with Crippen LogP contribution in [-0.2, 0) is 6.54 Å². The van der Waals surface area contributed by atoms with Gasteiger partial charge in [0.1, 0.15) is 11.6 Å². The number of rotatable bonds is 5. The third-order valence-corrected chi connectivity index (χ3v) is 3.91. The molecular formula is C18H15ClFN3O3. The molecule has 1 aromatic heterocycles. The van der Waals surface area contributed by atoms with Gasteiger partial charge in [0.25, 0.3) is 5.91 Å². The Morgan fingerprint density at radius 2 is 2.12 bits per heavy atom. The van der Waals surface area contributed by atoms with E-state index < -0.39 is 11.7 Å². The highest BCUT2D eigenvalue weighted by Crippen LogP contribution is 2.22. The fraction of sp³-hybridized carbons (Fsp3) is 0.167. The standard InChI is InChI=1S/C18H15ClFN3O3/c1-23(18(24)14-7-6-12(19)9-15(14)20)10-16-21-17(22-26-16)11-4-3-5-13(8-11)25-2/h3-9H,10H2,1-2H3. The van der Waals surface area contributed by atoms with Crippen LogP contribution in [0.5, 0.6) is 5.75 Å². The number of hydrogen-bond donors (Lipinski definition) is 0. The monoisotopic (exact) mass is 375 g/mol. The number of benzene rings is 2. The van der Waals surface area contributed by atoms with Crippen molar-refractivity contribution in [3.63, 3.8) is 0 Å². The van der Waals surface area contributed by atoms with Crippen LogP contribution in [0.1, 0.15) is 16.2 Å². The largest absolute Gasteiger partial charge is 0.497 e. The maximum absolute atomic E-state index is 13.9. The van der Waals surface area contributed by atoms with Crippen LogP contribution in [-0.4, -0.2) is 35.1 Å². The Morgan fingerprint density at radius 3 is 2.85 bits per heavy atom. The van der Waals surface area contributed by atoms with E-state index in [4.69, 9.17) is 20.9 Å². The molecule has 1 heterocycles. The minimum absolute atomic E-state index is 0.0396. The summed E-state index contributed by atoms with van der Waals surface area (Å²) in [4.78, 5) is 17.9. The molecule has 134 valence electrons. The van der Waals surface area contributed by atoms with Gasteiger partial charge in [0, 0.05) is 17.6 Å². The highest BCUT2D eigenvalue weighted by Gasteiger charge is 2.19. The van der Waals surface area contributed by atoms with E-state index in [1.165, 1.54) is 24.1 Å². The molecule has 3 rings (SSSR count). The SMILES string of the molecule is COc1cccc(-c2noc(CN(C)C(=O)c3ccc(Cl)cc3F)n2)c1. The van der Waals surface area contributed by atoms with Crippen LogP contribution in [0.2, 0.25) is 5.02 Å². The molecule has 0 unspecified atom stereocenters. The summed E-state index contributed by atoms with van der Waals surface area (Å²) < 4.78 is 24.3. The highest BCUT2D eigenvalue weighted by atomic mass is 35.5. The van der Waals surface area contributed by atoms with Crippen molar-refractivity contribution >= 4 is 17.5 Å². The maximum Gasteiger partial charge on any atom is 0.257 e. The average Bonchev–Trinajstić information content (AvgIpc) is 3.09. The summed E-state index contributed by atoms with van der Waals surface area (Å²) in [5.41, 5.74) is 0.640. The number of carbonyl (C=O) groups is 1. The van der Waals surface area contributed by atoms with Gasteiger partial charge in [-0.1, -0.05) is 28.9 Å². The van der Waals surface area contributed by atoms with Crippen molar-refractivity contribution < 1.29 is 18.4 Å². The van der Waals surface area contributed by atoms with Crippen LogP contribution in [0.4, 0.5) is 4.39 Å². The summed E-state index contributed by atoms with van der Waals surface area (Å²) in [7, 11) is 3.09. The van der Waals surface area contributed by atoms with Gasteiger partial charge in [0.05, 0.1) is 19.2 Å². The molecular weight excluding hydrogens is 361 g/mol. The van der Waals surface area contributed by atoms with Gasteiger partial charge >= 0.3 is 0 Å². The molecule has 3 aromatic rings. The summed E-state index contributed by atoms with van der Waals surface area (Å²) in [6, 6.07) is 11.1. The third kappa shape index (κ3) is 3.83. The van der Waals surface area contributed by atoms with Crippen molar-refractivity contribution in [3.05, 3.63) is 64.8 Å². The second kappa shape index (κ2) is 7.53.